The van der Waals surface area contributed by atoms with Crippen LogP contribution in [0.1, 0.15) is 89.7 Å². The van der Waals surface area contributed by atoms with Crippen molar-refractivity contribution in [1.29, 1.82) is 0 Å². The molecule has 0 radical (unpaired) electrons. The summed E-state index contributed by atoms with van der Waals surface area (Å²) in [6, 6.07) is 6.60. The van der Waals surface area contributed by atoms with Gasteiger partial charge in [-0.1, -0.05) is 13.0 Å². The van der Waals surface area contributed by atoms with Crippen molar-refractivity contribution in [2.24, 2.45) is 28.6 Å². The molecule has 2 fully saturated rings. The Morgan fingerprint density at radius 3 is 2.69 bits per heavy atom. The third kappa shape index (κ3) is 4.22. The first-order valence-electron chi connectivity index (χ1n) is 12.5. The number of ketones is 1. The molecule has 2 saturated carbocycles. The first kappa shape index (κ1) is 23.3. The number of rotatable bonds is 6. The molecule has 32 heavy (non-hydrogen) atoms. The number of Topliss-reactive ketones (excluding diaryl/α,β-unsaturated/α-hetero) is 1. The van der Waals surface area contributed by atoms with Gasteiger partial charge < -0.3 is 9.47 Å². The largest absolute Gasteiger partial charge is 0.497 e. The lowest BCUT2D eigenvalue weighted by molar-refractivity contribution is -0.153. The van der Waals surface area contributed by atoms with Gasteiger partial charge in [-0.05, 0) is 113 Å². The Bertz CT molecular complexity index is 867. The molecule has 3 aliphatic carbocycles. The summed E-state index contributed by atoms with van der Waals surface area (Å²) in [7, 11) is 1.73. The topological polar surface area (TPSA) is 52.6 Å². The fourth-order valence-electron chi connectivity index (χ4n) is 6.90. The van der Waals surface area contributed by atoms with Crippen LogP contribution in [0.4, 0.5) is 0 Å². The van der Waals surface area contributed by atoms with Crippen molar-refractivity contribution in [2.75, 3.05) is 13.7 Å². The Morgan fingerprint density at radius 1 is 1.19 bits per heavy atom. The van der Waals surface area contributed by atoms with Gasteiger partial charge in [-0.25, -0.2) is 0 Å². The Balaban J connectivity index is 1.42. The molecule has 0 aliphatic heterocycles. The van der Waals surface area contributed by atoms with Crippen LogP contribution in [0, 0.1) is 28.6 Å². The van der Waals surface area contributed by atoms with E-state index in [0.717, 1.165) is 50.7 Å². The number of benzene rings is 1. The van der Waals surface area contributed by atoms with Crippen LogP contribution in [0.5, 0.6) is 5.75 Å². The smallest absolute Gasteiger partial charge is 0.311 e. The molecule has 4 heteroatoms. The summed E-state index contributed by atoms with van der Waals surface area (Å²) in [4.78, 5) is 25.1. The van der Waals surface area contributed by atoms with Gasteiger partial charge in [-0.2, -0.15) is 0 Å². The molecule has 0 N–H and O–H groups in total. The minimum atomic E-state index is -0.446. The molecule has 0 bridgehead atoms. The quantitative estimate of drug-likeness (QED) is 0.396. The summed E-state index contributed by atoms with van der Waals surface area (Å²) in [6.07, 6.45) is 8.11. The highest BCUT2D eigenvalue weighted by atomic mass is 16.5. The van der Waals surface area contributed by atoms with E-state index >= 15 is 0 Å². The number of fused-ring (bicyclic) bond motifs is 5. The van der Waals surface area contributed by atoms with E-state index < -0.39 is 5.41 Å². The van der Waals surface area contributed by atoms with Gasteiger partial charge in [-0.3, -0.25) is 9.59 Å². The predicted molar refractivity (Wildman–Crippen MR) is 126 cm³/mol. The predicted octanol–water partition coefficient (Wildman–Crippen LogP) is 6.11. The van der Waals surface area contributed by atoms with Crippen LogP contribution in [0.15, 0.2) is 18.2 Å². The minimum Gasteiger partial charge on any atom is -0.497 e. The van der Waals surface area contributed by atoms with E-state index in [1.165, 1.54) is 17.5 Å². The van der Waals surface area contributed by atoms with Gasteiger partial charge in [0, 0.05) is 11.8 Å². The lowest BCUT2D eigenvalue weighted by Crippen LogP contribution is -2.44. The maximum absolute atomic E-state index is 13.1. The molecule has 1 aromatic carbocycles. The third-order valence-electron chi connectivity index (χ3n) is 8.59. The van der Waals surface area contributed by atoms with Crippen molar-refractivity contribution in [3.8, 4) is 5.75 Å². The normalized spacial score (nSPS) is 31.5. The number of ether oxygens (including phenoxy) is 2. The first-order chi connectivity index (χ1) is 15.1. The average Bonchev–Trinajstić information content (AvgIpc) is 3.02. The van der Waals surface area contributed by atoms with Gasteiger partial charge in [0.15, 0.2) is 0 Å². The van der Waals surface area contributed by atoms with Crippen molar-refractivity contribution in [3.05, 3.63) is 29.3 Å². The Kier molecular flexibility index (Phi) is 6.44. The van der Waals surface area contributed by atoms with Gasteiger partial charge in [0.2, 0.25) is 0 Å². The standard InChI is InChI=1S/C28H40O4/c1-27(2,3)26(30)32-15-7-6-8-19-17-24(29)28(4)14-13-22-21-12-10-20(31-5)16-18(21)9-11-23(22)25(19)28/h10,12,16,19,22-23,25H,6-9,11,13-15,17H2,1-5H3/t19?,22-,23-,25+,28-/m1/s1. The van der Waals surface area contributed by atoms with E-state index in [0.29, 0.717) is 36.1 Å². The molecule has 5 atom stereocenters. The van der Waals surface area contributed by atoms with Crippen molar-refractivity contribution in [2.45, 2.75) is 85.0 Å². The van der Waals surface area contributed by atoms with Crippen LogP contribution in [-0.4, -0.2) is 25.5 Å². The summed E-state index contributed by atoms with van der Waals surface area (Å²) in [5.74, 6) is 3.44. The summed E-state index contributed by atoms with van der Waals surface area (Å²) >= 11 is 0. The molecule has 0 aromatic heterocycles. The molecule has 4 rings (SSSR count). The highest BCUT2D eigenvalue weighted by Gasteiger charge is 2.58. The van der Waals surface area contributed by atoms with Crippen LogP contribution in [0.3, 0.4) is 0 Å². The third-order valence-corrected chi connectivity index (χ3v) is 8.59. The maximum Gasteiger partial charge on any atom is 0.311 e. The van der Waals surface area contributed by atoms with Gasteiger partial charge >= 0.3 is 5.97 Å². The van der Waals surface area contributed by atoms with Crippen LogP contribution >= 0.6 is 0 Å². The highest BCUT2D eigenvalue weighted by molar-refractivity contribution is 5.87. The van der Waals surface area contributed by atoms with E-state index in [-0.39, 0.29) is 11.4 Å². The highest BCUT2D eigenvalue weighted by Crippen LogP contribution is 2.62. The summed E-state index contributed by atoms with van der Waals surface area (Å²) in [6.45, 7) is 8.40. The molecule has 0 saturated heterocycles. The zero-order chi connectivity index (χ0) is 23.1. The van der Waals surface area contributed by atoms with Gasteiger partial charge in [0.25, 0.3) is 0 Å². The lowest BCUT2D eigenvalue weighted by Gasteiger charge is -2.50. The number of methoxy groups -OCH3 is 1. The zero-order valence-corrected chi connectivity index (χ0v) is 20.5. The van der Waals surface area contributed by atoms with Gasteiger partial charge in [-0.15, -0.1) is 0 Å². The Labute approximate surface area is 193 Å². The molecule has 0 amide bonds. The second-order valence-corrected chi connectivity index (χ2v) is 11.6. The van der Waals surface area contributed by atoms with Crippen molar-refractivity contribution >= 4 is 11.8 Å². The Morgan fingerprint density at radius 2 is 1.97 bits per heavy atom. The molecule has 0 heterocycles. The number of aryl methyl sites for hydroxylation is 1. The van der Waals surface area contributed by atoms with Crippen molar-refractivity contribution in [3.63, 3.8) is 0 Å². The fourth-order valence-corrected chi connectivity index (χ4v) is 6.90. The van der Waals surface area contributed by atoms with E-state index in [1.807, 2.05) is 20.8 Å². The van der Waals surface area contributed by atoms with E-state index in [4.69, 9.17) is 9.47 Å². The molecule has 1 unspecified atom stereocenters. The second kappa shape index (κ2) is 8.83. The molecule has 1 aromatic rings. The summed E-state index contributed by atoms with van der Waals surface area (Å²) < 4.78 is 10.9. The van der Waals surface area contributed by atoms with Crippen LogP contribution in [0.2, 0.25) is 0 Å². The van der Waals surface area contributed by atoms with Crippen LogP contribution in [0.25, 0.3) is 0 Å². The second-order valence-electron chi connectivity index (χ2n) is 11.6. The maximum atomic E-state index is 13.1. The monoisotopic (exact) mass is 440 g/mol. The van der Waals surface area contributed by atoms with E-state index in [9.17, 15) is 9.59 Å². The van der Waals surface area contributed by atoms with Crippen molar-refractivity contribution < 1.29 is 19.1 Å². The summed E-state index contributed by atoms with van der Waals surface area (Å²) in [5.41, 5.74) is 2.35. The van der Waals surface area contributed by atoms with E-state index in [2.05, 4.69) is 25.1 Å². The van der Waals surface area contributed by atoms with Gasteiger partial charge in [0.05, 0.1) is 19.1 Å². The first-order valence-corrected chi connectivity index (χ1v) is 12.5. The number of hydrogen-bond acceptors (Lipinski definition) is 4. The van der Waals surface area contributed by atoms with Crippen LogP contribution in [-0.2, 0) is 20.7 Å². The van der Waals surface area contributed by atoms with Crippen LogP contribution < -0.4 is 4.74 Å². The zero-order valence-electron chi connectivity index (χ0n) is 20.5. The number of hydrogen-bond donors (Lipinski definition) is 0. The van der Waals surface area contributed by atoms with Crippen molar-refractivity contribution in [1.82, 2.24) is 0 Å². The van der Waals surface area contributed by atoms with E-state index in [1.54, 1.807) is 7.11 Å². The Hall–Kier alpha value is -1.84. The SMILES string of the molecule is COc1ccc2c(c1)CC[C@@H]1[C@@H]2CC[C@]2(C)C(=O)CC(CCCCOC(=O)C(C)(C)C)[C@@H]12. The number of unbranched alkanes of at least 4 members (excludes halogenated alkanes) is 1. The van der Waals surface area contributed by atoms with Gasteiger partial charge in [0.1, 0.15) is 11.5 Å². The number of esters is 1. The molecule has 3 aliphatic rings. The fraction of sp³-hybridized carbons (Fsp3) is 0.714. The molecule has 4 nitrogen and oxygen atoms in total. The number of carbonyl (C=O) groups excluding carboxylic acids is 2. The molecular formula is C28H40O4. The molecule has 176 valence electrons. The molecule has 0 spiro atoms. The average molecular weight is 441 g/mol. The lowest BCUT2D eigenvalue weighted by atomic mass is 9.54. The molecular weight excluding hydrogens is 400 g/mol. The number of carbonyl (C=O) groups is 2. The summed E-state index contributed by atoms with van der Waals surface area (Å²) in [5, 5.41) is 0. The minimum absolute atomic E-state index is 0.131.